The molecule has 80 valence electrons. The van der Waals surface area contributed by atoms with Crippen molar-refractivity contribution in [1.82, 2.24) is 10.3 Å². The average Bonchev–Trinajstić information content (AvgIpc) is 2.59. The molecule has 1 aromatic heterocycles. The topological polar surface area (TPSA) is 34.1 Å². The molecule has 1 heterocycles. The Labute approximate surface area is 89.5 Å². The third-order valence-corrected chi connectivity index (χ3v) is 2.59. The number of hydrogen-bond acceptors (Lipinski definition) is 4. The first-order valence-corrected chi connectivity index (χ1v) is 5.84. The van der Waals surface area contributed by atoms with Crippen LogP contribution < -0.4 is 5.32 Å². The standard InChI is InChI=1S/C10H18N2OS/c1-4-13-6-10-12-9(7-14-10)5-11-8(2)3/h7-8,11H,4-6H2,1-3H3. The van der Waals surface area contributed by atoms with Crippen LogP contribution in [0.25, 0.3) is 0 Å². The highest BCUT2D eigenvalue weighted by Crippen LogP contribution is 2.10. The second-order valence-corrected chi connectivity index (χ2v) is 4.35. The van der Waals surface area contributed by atoms with E-state index >= 15 is 0 Å². The van der Waals surface area contributed by atoms with Gasteiger partial charge in [0.25, 0.3) is 0 Å². The van der Waals surface area contributed by atoms with Gasteiger partial charge in [-0.1, -0.05) is 13.8 Å². The van der Waals surface area contributed by atoms with Gasteiger partial charge in [0.2, 0.25) is 0 Å². The third-order valence-electron chi connectivity index (χ3n) is 1.72. The van der Waals surface area contributed by atoms with Crippen molar-refractivity contribution in [3.63, 3.8) is 0 Å². The van der Waals surface area contributed by atoms with Crippen LogP contribution in [0.4, 0.5) is 0 Å². The Morgan fingerprint density at radius 2 is 2.36 bits per heavy atom. The lowest BCUT2D eigenvalue weighted by atomic mass is 10.4. The zero-order chi connectivity index (χ0) is 10.4. The molecule has 0 bridgehead atoms. The molecule has 1 aromatic rings. The summed E-state index contributed by atoms with van der Waals surface area (Å²) >= 11 is 1.67. The Hall–Kier alpha value is -0.450. The molecule has 0 saturated heterocycles. The molecule has 0 fully saturated rings. The van der Waals surface area contributed by atoms with Gasteiger partial charge in [-0.3, -0.25) is 0 Å². The van der Waals surface area contributed by atoms with Gasteiger partial charge in [0.1, 0.15) is 5.01 Å². The fraction of sp³-hybridized carbons (Fsp3) is 0.700. The molecule has 0 aliphatic rings. The summed E-state index contributed by atoms with van der Waals surface area (Å²) in [6.07, 6.45) is 0. The van der Waals surface area contributed by atoms with Crippen molar-refractivity contribution in [3.05, 3.63) is 16.1 Å². The summed E-state index contributed by atoms with van der Waals surface area (Å²) < 4.78 is 5.29. The number of ether oxygens (including phenoxy) is 1. The molecule has 4 heteroatoms. The molecular formula is C10H18N2OS. The van der Waals surface area contributed by atoms with Crippen molar-refractivity contribution in [2.45, 2.75) is 40.0 Å². The van der Waals surface area contributed by atoms with E-state index in [0.717, 1.165) is 23.9 Å². The third kappa shape index (κ3) is 4.17. The van der Waals surface area contributed by atoms with Gasteiger partial charge < -0.3 is 10.1 Å². The molecule has 0 atom stereocenters. The predicted molar refractivity (Wildman–Crippen MR) is 59.4 cm³/mol. The Kier molecular flexibility index (Phi) is 5.07. The van der Waals surface area contributed by atoms with Crippen LogP contribution in [-0.2, 0) is 17.9 Å². The lowest BCUT2D eigenvalue weighted by Crippen LogP contribution is -2.21. The molecule has 1 N–H and O–H groups in total. The van der Waals surface area contributed by atoms with Gasteiger partial charge >= 0.3 is 0 Å². The average molecular weight is 214 g/mol. The van der Waals surface area contributed by atoms with Crippen LogP contribution >= 0.6 is 11.3 Å². The smallest absolute Gasteiger partial charge is 0.119 e. The Morgan fingerprint density at radius 1 is 1.57 bits per heavy atom. The van der Waals surface area contributed by atoms with Crippen molar-refractivity contribution < 1.29 is 4.74 Å². The maximum Gasteiger partial charge on any atom is 0.119 e. The zero-order valence-electron chi connectivity index (χ0n) is 9.04. The van der Waals surface area contributed by atoms with Crippen LogP contribution in [0.3, 0.4) is 0 Å². The lowest BCUT2D eigenvalue weighted by Gasteiger charge is -2.04. The molecule has 0 saturated carbocycles. The van der Waals surface area contributed by atoms with E-state index in [-0.39, 0.29) is 0 Å². The van der Waals surface area contributed by atoms with E-state index < -0.39 is 0 Å². The van der Waals surface area contributed by atoms with E-state index in [1.54, 1.807) is 11.3 Å². The Morgan fingerprint density at radius 3 is 3.00 bits per heavy atom. The van der Waals surface area contributed by atoms with E-state index in [1.165, 1.54) is 0 Å². The molecule has 0 unspecified atom stereocenters. The lowest BCUT2D eigenvalue weighted by molar-refractivity contribution is 0.133. The highest BCUT2D eigenvalue weighted by molar-refractivity contribution is 7.09. The van der Waals surface area contributed by atoms with Crippen molar-refractivity contribution >= 4 is 11.3 Å². The van der Waals surface area contributed by atoms with Crippen LogP contribution in [0, 0.1) is 0 Å². The van der Waals surface area contributed by atoms with Crippen LogP contribution in [-0.4, -0.2) is 17.6 Å². The zero-order valence-corrected chi connectivity index (χ0v) is 9.86. The van der Waals surface area contributed by atoms with Crippen LogP contribution in [0.2, 0.25) is 0 Å². The Bertz CT molecular complexity index is 260. The van der Waals surface area contributed by atoms with E-state index in [9.17, 15) is 0 Å². The number of aromatic nitrogens is 1. The normalized spacial score (nSPS) is 11.1. The fourth-order valence-corrected chi connectivity index (χ4v) is 1.72. The van der Waals surface area contributed by atoms with Gasteiger partial charge in [0, 0.05) is 24.6 Å². The van der Waals surface area contributed by atoms with Crippen LogP contribution in [0.1, 0.15) is 31.5 Å². The Balaban J connectivity index is 2.35. The van der Waals surface area contributed by atoms with Crippen molar-refractivity contribution in [3.8, 4) is 0 Å². The van der Waals surface area contributed by atoms with E-state index in [0.29, 0.717) is 12.6 Å². The quantitative estimate of drug-likeness (QED) is 0.788. The molecule has 14 heavy (non-hydrogen) atoms. The highest BCUT2D eigenvalue weighted by Gasteiger charge is 2.02. The second-order valence-electron chi connectivity index (χ2n) is 3.41. The van der Waals surface area contributed by atoms with Gasteiger partial charge in [-0.2, -0.15) is 0 Å². The number of nitrogens with zero attached hydrogens (tertiary/aromatic N) is 1. The summed E-state index contributed by atoms with van der Waals surface area (Å²) in [5, 5.41) is 6.48. The summed E-state index contributed by atoms with van der Waals surface area (Å²) in [5.41, 5.74) is 1.11. The molecule has 0 spiro atoms. The predicted octanol–water partition coefficient (Wildman–Crippen LogP) is 2.18. The molecular weight excluding hydrogens is 196 g/mol. The first kappa shape index (κ1) is 11.6. The van der Waals surface area contributed by atoms with Crippen molar-refractivity contribution in [1.29, 1.82) is 0 Å². The largest absolute Gasteiger partial charge is 0.375 e. The summed E-state index contributed by atoms with van der Waals surface area (Å²) in [6, 6.07) is 0.507. The summed E-state index contributed by atoms with van der Waals surface area (Å²) in [4.78, 5) is 4.45. The number of rotatable bonds is 6. The number of nitrogens with one attached hydrogen (secondary N) is 1. The fourth-order valence-electron chi connectivity index (χ4n) is 0.994. The van der Waals surface area contributed by atoms with Gasteiger partial charge in [0.05, 0.1) is 12.3 Å². The van der Waals surface area contributed by atoms with Gasteiger partial charge in [-0.15, -0.1) is 11.3 Å². The van der Waals surface area contributed by atoms with Crippen molar-refractivity contribution in [2.24, 2.45) is 0 Å². The minimum Gasteiger partial charge on any atom is -0.375 e. The van der Waals surface area contributed by atoms with E-state index in [1.807, 2.05) is 6.92 Å². The minimum atomic E-state index is 0.507. The number of hydrogen-bond donors (Lipinski definition) is 1. The molecule has 0 radical (unpaired) electrons. The molecule has 1 rings (SSSR count). The SMILES string of the molecule is CCOCc1nc(CNC(C)C)cs1. The van der Waals surface area contributed by atoms with Gasteiger partial charge in [-0.25, -0.2) is 4.98 Å². The molecule has 3 nitrogen and oxygen atoms in total. The van der Waals surface area contributed by atoms with E-state index in [4.69, 9.17) is 4.74 Å². The minimum absolute atomic E-state index is 0.507. The highest BCUT2D eigenvalue weighted by atomic mass is 32.1. The monoisotopic (exact) mass is 214 g/mol. The molecule has 0 aliphatic heterocycles. The number of thiazole rings is 1. The first-order valence-electron chi connectivity index (χ1n) is 4.96. The molecule has 0 amide bonds. The summed E-state index contributed by atoms with van der Waals surface area (Å²) in [5.74, 6) is 0. The molecule has 0 aromatic carbocycles. The van der Waals surface area contributed by atoms with Crippen molar-refractivity contribution in [2.75, 3.05) is 6.61 Å². The maximum atomic E-state index is 5.29. The summed E-state index contributed by atoms with van der Waals surface area (Å²) in [6.45, 7) is 8.50. The summed E-state index contributed by atoms with van der Waals surface area (Å²) in [7, 11) is 0. The maximum absolute atomic E-state index is 5.29. The van der Waals surface area contributed by atoms with Crippen LogP contribution in [0.15, 0.2) is 5.38 Å². The van der Waals surface area contributed by atoms with Gasteiger partial charge in [-0.05, 0) is 6.92 Å². The van der Waals surface area contributed by atoms with Gasteiger partial charge in [0.15, 0.2) is 0 Å². The van der Waals surface area contributed by atoms with Crippen LogP contribution in [0.5, 0.6) is 0 Å². The first-order chi connectivity index (χ1) is 6.72. The van der Waals surface area contributed by atoms with E-state index in [2.05, 4.69) is 29.5 Å². The second kappa shape index (κ2) is 6.11. The molecule has 0 aliphatic carbocycles.